The quantitative estimate of drug-likeness (QED) is 0.899. The first-order valence-corrected chi connectivity index (χ1v) is 6.72. The maximum absolute atomic E-state index is 6.07. The Hall–Kier alpha value is -1.62. The molecule has 2 aromatic rings. The van der Waals surface area contributed by atoms with Crippen LogP contribution in [-0.4, -0.2) is 27.7 Å². The first-order valence-electron chi connectivity index (χ1n) is 6.72. The Morgan fingerprint density at radius 2 is 2.16 bits per heavy atom. The molecule has 0 aliphatic carbocycles. The highest BCUT2D eigenvalue weighted by Gasteiger charge is 2.21. The number of fused-ring (bicyclic) bond motifs is 1. The van der Waals surface area contributed by atoms with Gasteiger partial charge in [-0.15, -0.1) is 0 Å². The second-order valence-corrected chi connectivity index (χ2v) is 5.17. The molecule has 0 aliphatic rings. The van der Waals surface area contributed by atoms with Crippen LogP contribution in [0.3, 0.4) is 0 Å². The summed E-state index contributed by atoms with van der Waals surface area (Å²) in [5.41, 5.74) is 8.84. The number of rotatable bonds is 5. The van der Waals surface area contributed by atoms with Crippen molar-refractivity contribution in [3.05, 3.63) is 17.8 Å². The van der Waals surface area contributed by atoms with Gasteiger partial charge in [0.15, 0.2) is 5.65 Å². The van der Waals surface area contributed by atoms with Crippen LogP contribution >= 0.6 is 0 Å². The summed E-state index contributed by atoms with van der Waals surface area (Å²) in [6.07, 6.45) is 1.85. The molecule has 0 amide bonds. The molecule has 2 aromatic heterocycles. The molecule has 2 N–H and O–H groups in total. The Morgan fingerprint density at radius 1 is 1.42 bits per heavy atom. The molecule has 0 spiro atoms. The number of pyridine rings is 1. The summed E-state index contributed by atoms with van der Waals surface area (Å²) in [5, 5.41) is 0. The van der Waals surface area contributed by atoms with E-state index in [1.54, 1.807) is 0 Å². The largest absolute Gasteiger partial charge is 0.380 e. The van der Waals surface area contributed by atoms with Crippen LogP contribution in [0.2, 0.25) is 0 Å². The zero-order valence-corrected chi connectivity index (χ0v) is 12.1. The molecule has 0 fully saturated rings. The van der Waals surface area contributed by atoms with Gasteiger partial charge in [-0.05, 0) is 31.4 Å². The molecular formula is C14H22N4O. The van der Waals surface area contributed by atoms with E-state index in [4.69, 9.17) is 10.5 Å². The molecule has 0 radical (unpaired) electrons. The third-order valence-electron chi connectivity index (χ3n) is 3.29. The Morgan fingerprint density at radius 3 is 2.79 bits per heavy atom. The van der Waals surface area contributed by atoms with Crippen molar-refractivity contribution in [3.8, 4) is 0 Å². The molecule has 0 aliphatic heterocycles. The van der Waals surface area contributed by atoms with E-state index in [1.165, 1.54) is 0 Å². The summed E-state index contributed by atoms with van der Waals surface area (Å²) >= 11 is 0. The lowest BCUT2D eigenvalue weighted by atomic mass is 10.1. The van der Waals surface area contributed by atoms with Crippen LogP contribution in [0, 0.1) is 12.8 Å². The van der Waals surface area contributed by atoms with E-state index in [0.717, 1.165) is 16.7 Å². The third-order valence-corrected chi connectivity index (χ3v) is 3.29. The number of nitrogens with two attached hydrogens (primary N) is 1. The van der Waals surface area contributed by atoms with Gasteiger partial charge in [-0.2, -0.15) is 0 Å². The number of nitrogens with zero attached hydrogens (tertiary/aromatic N) is 3. The molecule has 0 saturated carbocycles. The predicted molar refractivity (Wildman–Crippen MR) is 77.0 cm³/mol. The smallest absolute Gasteiger partial charge is 0.202 e. The molecule has 2 heterocycles. The van der Waals surface area contributed by atoms with Gasteiger partial charge in [-0.1, -0.05) is 13.8 Å². The van der Waals surface area contributed by atoms with Crippen molar-refractivity contribution in [1.29, 1.82) is 0 Å². The average Bonchev–Trinajstić information content (AvgIpc) is 2.65. The average molecular weight is 262 g/mol. The van der Waals surface area contributed by atoms with Gasteiger partial charge < -0.3 is 10.5 Å². The van der Waals surface area contributed by atoms with Crippen molar-refractivity contribution in [1.82, 2.24) is 14.5 Å². The van der Waals surface area contributed by atoms with E-state index in [0.29, 0.717) is 25.1 Å². The number of aryl methyl sites for hydroxylation is 1. The number of hydrogen-bond donors (Lipinski definition) is 1. The van der Waals surface area contributed by atoms with Gasteiger partial charge >= 0.3 is 0 Å². The van der Waals surface area contributed by atoms with Crippen molar-refractivity contribution >= 4 is 17.1 Å². The fraction of sp³-hybridized carbons (Fsp3) is 0.571. The lowest BCUT2D eigenvalue weighted by Crippen LogP contribution is -2.22. The van der Waals surface area contributed by atoms with E-state index in [1.807, 2.05) is 30.7 Å². The van der Waals surface area contributed by atoms with Crippen molar-refractivity contribution in [2.45, 2.75) is 33.7 Å². The Balaban J connectivity index is 2.49. The van der Waals surface area contributed by atoms with Gasteiger partial charge in [-0.25, -0.2) is 9.97 Å². The summed E-state index contributed by atoms with van der Waals surface area (Å²) in [5.74, 6) is 0.904. The van der Waals surface area contributed by atoms with Crippen molar-refractivity contribution in [2.75, 3.05) is 18.9 Å². The molecule has 1 unspecified atom stereocenters. The lowest BCUT2D eigenvalue weighted by molar-refractivity contribution is 0.0985. The Kier molecular flexibility index (Phi) is 4.04. The van der Waals surface area contributed by atoms with E-state index in [2.05, 4.69) is 23.8 Å². The van der Waals surface area contributed by atoms with Crippen LogP contribution in [0.4, 0.5) is 5.95 Å². The number of ether oxygens (including phenoxy) is 1. The van der Waals surface area contributed by atoms with Crippen LogP contribution in [0.5, 0.6) is 0 Å². The first kappa shape index (κ1) is 13.8. The van der Waals surface area contributed by atoms with Gasteiger partial charge in [0.2, 0.25) is 5.95 Å². The fourth-order valence-corrected chi connectivity index (χ4v) is 2.23. The number of aromatic nitrogens is 3. The van der Waals surface area contributed by atoms with E-state index in [-0.39, 0.29) is 6.04 Å². The Labute approximate surface area is 113 Å². The van der Waals surface area contributed by atoms with Gasteiger partial charge in [-0.3, -0.25) is 4.57 Å². The zero-order valence-electron chi connectivity index (χ0n) is 12.1. The molecule has 104 valence electrons. The normalized spacial score (nSPS) is 13.3. The molecule has 1 atom stereocenters. The summed E-state index contributed by atoms with van der Waals surface area (Å²) in [7, 11) is 0. The van der Waals surface area contributed by atoms with Crippen molar-refractivity contribution in [3.63, 3.8) is 0 Å². The van der Waals surface area contributed by atoms with Gasteiger partial charge in [0.25, 0.3) is 0 Å². The first-order chi connectivity index (χ1) is 9.04. The van der Waals surface area contributed by atoms with Gasteiger partial charge in [0.1, 0.15) is 5.52 Å². The van der Waals surface area contributed by atoms with Crippen molar-refractivity contribution < 1.29 is 4.74 Å². The van der Waals surface area contributed by atoms with E-state index < -0.39 is 0 Å². The summed E-state index contributed by atoms with van der Waals surface area (Å²) in [6.45, 7) is 9.63. The fourth-order valence-electron chi connectivity index (χ4n) is 2.23. The molecular weight excluding hydrogens is 240 g/mol. The summed E-state index contributed by atoms with van der Waals surface area (Å²) < 4.78 is 7.57. The lowest BCUT2D eigenvalue weighted by Gasteiger charge is -2.23. The monoisotopic (exact) mass is 262 g/mol. The number of nitrogen functional groups attached to an aromatic ring is 1. The Bertz CT molecular complexity index is 562. The van der Waals surface area contributed by atoms with E-state index >= 15 is 0 Å². The minimum atomic E-state index is 0.153. The highest BCUT2D eigenvalue weighted by atomic mass is 16.5. The molecule has 0 aromatic carbocycles. The molecule has 2 rings (SSSR count). The number of anilines is 1. The molecule has 19 heavy (non-hydrogen) atoms. The molecule has 0 bridgehead atoms. The summed E-state index contributed by atoms with van der Waals surface area (Å²) in [4.78, 5) is 8.89. The zero-order chi connectivity index (χ0) is 14.0. The maximum atomic E-state index is 6.07. The third kappa shape index (κ3) is 2.71. The molecule has 0 saturated heterocycles. The topological polar surface area (TPSA) is 66.0 Å². The SMILES string of the molecule is CCOCC(C(C)C)n1c(N)nc2cc(C)cnc21. The minimum Gasteiger partial charge on any atom is -0.380 e. The van der Waals surface area contributed by atoms with Crippen LogP contribution in [-0.2, 0) is 4.74 Å². The highest BCUT2D eigenvalue weighted by molar-refractivity contribution is 5.74. The second-order valence-electron chi connectivity index (χ2n) is 5.17. The van der Waals surface area contributed by atoms with Gasteiger partial charge in [0, 0.05) is 12.8 Å². The highest BCUT2D eigenvalue weighted by Crippen LogP contribution is 2.27. The minimum absolute atomic E-state index is 0.153. The molecule has 5 heteroatoms. The number of imidazole rings is 1. The summed E-state index contributed by atoms with van der Waals surface area (Å²) in [6, 6.07) is 2.16. The number of hydrogen-bond acceptors (Lipinski definition) is 4. The predicted octanol–water partition coefficient (Wildman–Crippen LogP) is 2.56. The van der Waals surface area contributed by atoms with Crippen molar-refractivity contribution in [2.24, 2.45) is 5.92 Å². The van der Waals surface area contributed by atoms with E-state index in [9.17, 15) is 0 Å². The second kappa shape index (κ2) is 5.57. The van der Waals surface area contributed by atoms with Crippen LogP contribution in [0.25, 0.3) is 11.2 Å². The molecule has 5 nitrogen and oxygen atoms in total. The van der Waals surface area contributed by atoms with Gasteiger partial charge in [0.05, 0.1) is 12.6 Å². The van der Waals surface area contributed by atoms with Crippen LogP contribution in [0.15, 0.2) is 12.3 Å². The van der Waals surface area contributed by atoms with Crippen LogP contribution < -0.4 is 5.73 Å². The van der Waals surface area contributed by atoms with Crippen LogP contribution in [0.1, 0.15) is 32.4 Å². The maximum Gasteiger partial charge on any atom is 0.202 e. The standard InChI is InChI=1S/C14H22N4O/c1-5-19-8-12(9(2)3)18-13-11(17-14(18)15)6-10(4)7-16-13/h6-7,9,12H,5,8H2,1-4H3,(H2,15,17).